The fraction of sp³-hybridized carbons (Fsp3) is 0.538. The van der Waals surface area contributed by atoms with Gasteiger partial charge >= 0.3 is 24.5 Å². The third-order valence-electron chi connectivity index (χ3n) is 6.94. The fourth-order valence-corrected chi connectivity index (χ4v) is 4.81. The van der Waals surface area contributed by atoms with E-state index in [0.717, 1.165) is 30.3 Å². The van der Waals surface area contributed by atoms with Crippen molar-refractivity contribution in [2.24, 2.45) is 5.41 Å². The Hall–Kier alpha value is -2.77. The lowest BCUT2D eigenvalue weighted by atomic mass is 9.68. The summed E-state index contributed by atoms with van der Waals surface area (Å²) in [7, 11) is 0. The van der Waals surface area contributed by atoms with Gasteiger partial charge in [-0.15, -0.1) is 0 Å². The van der Waals surface area contributed by atoms with E-state index in [9.17, 15) is 53.4 Å². The normalized spacial score (nSPS) is 17.4. The first kappa shape index (κ1) is 31.8. The van der Waals surface area contributed by atoms with Crippen LogP contribution in [0.2, 0.25) is 0 Å². The van der Waals surface area contributed by atoms with Gasteiger partial charge < -0.3 is 14.7 Å². The van der Waals surface area contributed by atoms with Crippen molar-refractivity contribution in [2.75, 3.05) is 18.0 Å². The highest BCUT2D eigenvalue weighted by atomic mass is 19.4. The van der Waals surface area contributed by atoms with Crippen molar-refractivity contribution < 1.29 is 58.1 Å². The second-order valence-electron chi connectivity index (χ2n) is 9.84. The number of aliphatic hydroxyl groups excluding tert-OH is 1. The molecule has 1 aliphatic rings. The molecule has 40 heavy (non-hydrogen) atoms. The zero-order valence-corrected chi connectivity index (χ0v) is 20.8. The van der Waals surface area contributed by atoms with E-state index >= 15 is 0 Å². The van der Waals surface area contributed by atoms with Gasteiger partial charge in [0.1, 0.15) is 12.4 Å². The molecule has 1 saturated carbocycles. The van der Waals surface area contributed by atoms with Gasteiger partial charge in [-0.25, -0.2) is 0 Å². The first-order valence-corrected chi connectivity index (χ1v) is 12.2. The van der Waals surface area contributed by atoms with Crippen LogP contribution in [0.3, 0.4) is 0 Å². The van der Waals surface area contributed by atoms with E-state index in [2.05, 4.69) is 0 Å². The number of benzene rings is 2. The van der Waals surface area contributed by atoms with Crippen LogP contribution in [-0.4, -0.2) is 42.6 Å². The van der Waals surface area contributed by atoms with E-state index < -0.39 is 74.1 Å². The van der Waals surface area contributed by atoms with Crippen LogP contribution in [0.4, 0.5) is 54.0 Å². The molecule has 0 aromatic heterocycles. The molecule has 0 spiro atoms. The van der Waals surface area contributed by atoms with Crippen molar-refractivity contribution in [3.05, 3.63) is 59.7 Å². The number of aliphatic hydroxyl groups is 1. The summed E-state index contributed by atoms with van der Waals surface area (Å²) in [6.45, 7) is -2.89. The van der Waals surface area contributed by atoms with Crippen LogP contribution in [0.15, 0.2) is 48.5 Å². The summed E-state index contributed by atoms with van der Waals surface area (Å²) in [4.78, 5) is 0.625. The lowest BCUT2D eigenvalue weighted by molar-refractivity contribution is -0.329. The van der Waals surface area contributed by atoms with Crippen molar-refractivity contribution in [3.63, 3.8) is 0 Å². The molecule has 14 heteroatoms. The Morgan fingerprint density at radius 1 is 0.825 bits per heavy atom. The number of alkyl halides is 11. The Balaban J connectivity index is 1.94. The van der Waals surface area contributed by atoms with Crippen molar-refractivity contribution in [2.45, 2.75) is 69.3 Å². The van der Waals surface area contributed by atoms with Crippen molar-refractivity contribution in [1.82, 2.24) is 0 Å². The predicted molar refractivity (Wildman–Crippen MR) is 123 cm³/mol. The number of halogens is 11. The maximum atomic E-state index is 14.9. The molecule has 3 nitrogen and oxygen atoms in total. The highest BCUT2D eigenvalue weighted by Crippen LogP contribution is 2.56. The summed E-state index contributed by atoms with van der Waals surface area (Å²) in [5.74, 6) is -5.33. The van der Waals surface area contributed by atoms with Gasteiger partial charge in [0.15, 0.2) is 6.10 Å². The summed E-state index contributed by atoms with van der Waals surface area (Å²) in [5, 5.41) is 9.71. The summed E-state index contributed by atoms with van der Waals surface area (Å²) >= 11 is 0. The highest BCUT2D eigenvalue weighted by Gasteiger charge is 2.69. The third-order valence-corrected chi connectivity index (χ3v) is 6.94. The second-order valence-corrected chi connectivity index (χ2v) is 9.84. The van der Waals surface area contributed by atoms with Crippen LogP contribution in [0.1, 0.15) is 43.2 Å². The van der Waals surface area contributed by atoms with E-state index in [1.54, 1.807) is 0 Å². The Morgan fingerprint density at radius 2 is 1.45 bits per heavy atom. The van der Waals surface area contributed by atoms with Crippen LogP contribution < -0.4 is 9.64 Å². The van der Waals surface area contributed by atoms with Gasteiger partial charge in [-0.2, -0.15) is 48.3 Å². The molecular weight excluding hydrogens is 567 g/mol. The fourth-order valence-electron chi connectivity index (χ4n) is 4.81. The molecule has 3 rings (SSSR count). The number of rotatable bonds is 9. The minimum absolute atomic E-state index is 0.00146. The van der Waals surface area contributed by atoms with E-state index in [1.165, 1.54) is 18.2 Å². The van der Waals surface area contributed by atoms with Gasteiger partial charge in [0.2, 0.25) is 0 Å². The molecule has 0 saturated heterocycles. The van der Waals surface area contributed by atoms with Gasteiger partial charge in [0, 0.05) is 18.3 Å². The zero-order valence-electron chi connectivity index (χ0n) is 20.8. The molecule has 0 radical (unpaired) electrons. The van der Waals surface area contributed by atoms with Crippen LogP contribution >= 0.6 is 0 Å². The monoisotopic (exact) mass is 593 g/mol. The SMILES string of the molecule is OC(CN(CC1(C(F)(F)C(F)(F)F)CCCCC1)c1cccc(OCc2cccc(C(F)(F)F)c2)c1)C(F)(F)F. The summed E-state index contributed by atoms with van der Waals surface area (Å²) in [6, 6.07) is 8.88. The molecule has 2 aromatic rings. The van der Waals surface area contributed by atoms with Gasteiger partial charge in [-0.1, -0.05) is 37.5 Å². The minimum Gasteiger partial charge on any atom is -0.489 e. The maximum absolute atomic E-state index is 14.9. The minimum atomic E-state index is -5.96. The van der Waals surface area contributed by atoms with Crippen molar-refractivity contribution in [3.8, 4) is 5.75 Å². The molecule has 0 aliphatic heterocycles. The van der Waals surface area contributed by atoms with E-state index in [0.29, 0.717) is 11.3 Å². The van der Waals surface area contributed by atoms with E-state index in [4.69, 9.17) is 4.74 Å². The quantitative estimate of drug-likeness (QED) is 0.298. The zero-order chi connectivity index (χ0) is 30.0. The number of ether oxygens (including phenoxy) is 1. The second kappa shape index (κ2) is 11.6. The van der Waals surface area contributed by atoms with Gasteiger partial charge in [-0.3, -0.25) is 0 Å². The Morgan fingerprint density at radius 3 is 2.02 bits per heavy atom. The standard InChI is InChI=1S/C26H26F11NO2/c27-23(28,29)18-7-4-6-17(12-18)15-40-20-9-5-8-19(13-20)38(14-21(39)24(30,31)32)16-22(10-2-1-3-11-22)25(33,34)26(35,36)37/h4-9,12-13,21,39H,1-3,10-11,14-16H2. The molecule has 1 N–H and O–H groups in total. The molecule has 224 valence electrons. The average molecular weight is 593 g/mol. The Bertz CT molecular complexity index is 1120. The molecule has 1 unspecified atom stereocenters. The molecule has 0 heterocycles. The molecule has 2 aromatic carbocycles. The number of hydrogen-bond acceptors (Lipinski definition) is 3. The lowest BCUT2D eigenvalue weighted by Gasteiger charge is -2.47. The Labute approximate surface area is 222 Å². The number of hydrogen-bond donors (Lipinski definition) is 1. The molecule has 1 aliphatic carbocycles. The number of anilines is 1. The molecule has 1 fully saturated rings. The third kappa shape index (κ3) is 7.29. The van der Waals surface area contributed by atoms with Gasteiger partial charge in [-0.05, 0) is 42.7 Å². The Kier molecular flexibility index (Phi) is 9.22. The van der Waals surface area contributed by atoms with E-state index in [1.807, 2.05) is 0 Å². The van der Waals surface area contributed by atoms with Crippen LogP contribution in [0, 0.1) is 5.41 Å². The van der Waals surface area contributed by atoms with Crippen LogP contribution in [0.5, 0.6) is 5.75 Å². The molecule has 0 bridgehead atoms. The predicted octanol–water partition coefficient (Wildman–Crippen LogP) is 8.16. The van der Waals surface area contributed by atoms with Crippen molar-refractivity contribution >= 4 is 5.69 Å². The summed E-state index contributed by atoms with van der Waals surface area (Å²) < 4.78 is 154. The largest absolute Gasteiger partial charge is 0.489 e. The van der Waals surface area contributed by atoms with Gasteiger partial charge in [0.05, 0.1) is 17.5 Å². The first-order chi connectivity index (χ1) is 18.4. The highest BCUT2D eigenvalue weighted by molar-refractivity contribution is 5.51. The number of nitrogens with zero attached hydrogens (tertiary/aromatic N) is 1. The smallest absolute Gasteiger partial charge is 0.453 e. The first-order valence-electron chi connectivity index (χ1n) is 12.2. The molecule has 0 amide bonds. The molecular formula is C26H26F11NO2. The summed E-state index contributed by atoms with van der Waals surface area (Å²) in [6.07, 6.45) is -19.7. The average Bonchev–Trinajstić information content (AvgIpc) is 2.86. The van der Waals surface area contributed by atoms with Crippen LogP contribution in [-0.2, 0) is 12.8 Å². The van der Waals surface area contributed by atoms with E-state index in [-0.39, 0.29) is 29.8 Å². The maximum Gasteiger partial charge on any atom is 0.453 e. The topological polar surface area (TPSA) is 32.7 Å². The molecule has 1 atom stereocenters. The summed E-state index contributed by atoms with van der Waals surface area (Å²) in [5.41, 5.74) is -3.86. The van der Waals surface area contributed by atoms with Crippen LogP contribution in [0.25, 0.3) is 0 Å². The lowest BCUT2D eigenvalue weighted by Crippen LogP contribution is -2.58. The van der Waals surface area contributed by atoms with Gasteiger partial charge in [0.25, 0.3) is 0 Å². The van der Waals surface area contributed by atoms with Crippen molar-refractivity contribution in [1.29, 1.82) is 0 Å².